The first-order valence-corrected chi connectivity index (χ1v) is 11.4. The van der Waals surface area contributed by atoms with Crippen LogP contribution < -0.4 is 15.4 Å². The van der Waals surface area contributed by atoms with Gasteiger partial charge in [0.25, 0.3) is 5.91 Å². The number of carbonyl (C=O) groups excluding carboxylic acids is 4. The number of amides is 2. The smallest absolute Gasteiger partial charge is 0.306 e. The van der Waals surface area contributed by atoms with Crippen LogP contribution in [0.1, 0.15) is 41.3 Å². The van der Waals surface area contributed by atoms with Crippen molar-refractivity contribution in [2.24, 2.45) is 0 Å². The van der Waals surface area contributed by atoms with Gasteiger partial charge in [-0.3, -0.25) is 19.2 Å². The molecule has 0 heterocycles. The highest BCUT2D eigenvalue weighted by Gasteiger charge is 2.11. The number of benzene rings is 3. The third kappa shape index (κ3) is 8.39. The Balaban J connectivity index is 1.37. The Kier molecular flexibility index (Phi) is 8.94. The fourth-order valence-corrected chi connectivity index (χ4v) is 3.38. The van der Waals surface area contributed by atoms with Gasteiger partial charge in [0.05, 0.1) is 6.42 Å². The molecule has 0 aliphatic heterocycles. The fraction of sp³-hybridized carbons (Fsp3) is 0.214. The lowest BCUT2D eigenvalue weighted by Gasteiger charge is -2.10. The second kappa shape index (κ2) is 12.3. The minimum absolute atomic E-state index is 0.0786. The van der Waals surface area contributed by atoms with Crippen LogP contribution in [-0.4, -0.2) is 30.2 Å². The van der Waals surface area contributed by atoms with Crippen LogP contribution in [0.25, 0.3) is 0 Å². The third-order valence-electron chi connectivity index (χ3n) is 5.06. The molecule has 0 aromatic heterocycles. The highest BCUT2D eigenvalue weighted by atomic mass is 16.5. The van der Waals surface area contributed by atoms with E-state index in [-0.39, 0.29) is 24.5 Å². The lowest BCUT2D eigenvalue weighted by atomic mass is 10.1. The van der Waals surface area contributed by atoms with Gasteiger partial charge >= 0.3 is 5.97 Å². The average molecular weight is 489 g/mol. The third-order valence-corrected chi connectivity index (χ3v) is 5.06. The molecule has 2 N–H and O–H groups in total. The van der Waals surface area contributed by atoms with E-state index in [1.54, 1.807) is 48.5 Å². The molecule has 0 radical (unpaired) electrons. The summed E-state index contributed by atoms with van der Waals surface area (Å²) in [6.45, 7) is 4.98. The summed E-state index contributed by atoms with van der Waals surface area (Å²) < 4.78 is 10.8. The van der Waals surface area contributed by atoms with E-state index in [4.69, 9.17) is 9.47 Å². The molecule has 0 aliphatic rings. The van der Waals surface area contributed by atoms with Crippen molar-refractivity contribution in [2.75, 3.05) is 17.2 Å². The number of ketones is 1. The predicted molar refractivity (Wildman–Crippen MR) is 136 cm³/mol. The van der Waals surface area contributed by atoms with Crippen molar-refractivity contribution < 1.29 is 28.7 Å². The van der Waals surface area contributed by atoms with Crippen LogP contribution in [0.2, 0.25) is 0 Å². The highest BCUT2D eigenvalue weighted by molar-refractivity contribution is 5.96. The topological polar surface area (TPSA) is 111 Å². The Bertz CT molecular complexity index is 1230. The van der Waals surface area contributed by atoms with Gasteiger partial charge in [-0.05, 0) is 92.6 Å². The summed E-state index contributed by atoms with van der Waals surface area (Å²) in [5.41, 5.74) is 3.78. The van der Waals surface area contributed by atoms with Crippen LogP contribution in [-0.2, 0) is 19.1 Å². The molecule has 8 nitrogen and oxygen atoms in total. The van der Waals surface area contributed by atoms with Crippen LogP contribution in [0, 0.1) is 13.8 Å². The van der Waals surface area contributed by atoms with Gasteiger partial charge < -0.3 is 20.1 Å². The molecule has 0 bridgehead atoms. The van der Waals surface area contributed by atoms with E-state index < -0.39 is 18.5 Å². The molecule has 0 saturated carbocycles. The van der Waals surface area contributed by atoms with Crippen molar-refractivity contribution in [3.8, 4) is 11.5 Å². The van der Waals surface area contributed by atoms with E-state index in [1.807, 2.05) is 26.0 Å². The largest absolute Gasteiger partial charge is 0.457 e. The number of aryl methyl sites for hydroxylation is 2. The Morgan fingerprint density at radius 3 is 1.83 bits per heavy atom. The van der Waals surface area contributed by atoms with Gasteiger partial charge in [0.2, 0.25) is 5.91 Å². The number of nitrogens with one attached hydrogen (secondary N) is 2. The van der Waals surface area contributed by atoms with E-state index in [0.717, 1.165) is 16.9 Å². The first kappa shape index (κ1) is 26.2. The zero-order chi connectivity index (χ0) is 26.1. The molecule has 0 aliphatic carbocycles. The first-order valence-electron chi connectivity index (χ1n) is 11.4. The standard InChI is InChI=1S/C28H28N2O6/c1-18-14-19(2)16-25(15-18)36-24-10-8-23(9-11-24)29-26(32)12-13-28(34)35-17-27(33)30-22-6-4-21(5-7-22)20(3)31/h4-11,14-16H,12-13,17H2,1-3H3,(H,29,32)(H,30,33). The van der Waals surface area contributed by atoms with Crippen molar-refractivity contribution in [1.29, 1.82) is 0 Å². The number of carbonyl (C=O) groups is 4. The molecule has 0 atom stereocenters. The molecule has 3 aromatic rings. The van der Waals surface area contributed by atoms with E-state index in [9.17, 15) is 19.2 Å². The number of esters is 1. The van der Waals surface area contributed by atoms with Crippen LogP contribution in [0.5, 0.6) is 11.5 Å². The number of Topliss-reactive ketones (excluding diaryl/α,β-unsaturated/α-hetero) is 1. The molecule has 0 spiro atoms. The summed E-state index contributed by atoms with van der Waals surface area (Å²) in [6, 6.07) is 19.2. The molecule has 3 rings (SSSR count). The summed E-state index contributed by atoms with van der Waals surface area (Å²) in [5, 5.41) is 5.28. The van der Waals surface area contributed by atoms with Gasteiger partial charge in [0.1, 0.15) is 11.5 Å². The number of hydrogen-bond acceptors (Lipinski definition) is 6. The molecule has 0 fully saturated rings. The average Bonchev–Trinajstić information content (AvgIpc) is 2.82. The Labute approximate surface area is 209 Å². The molecule has 0 saturated heterocycles. The fourth-order valence-electron chi connectivity index (χ4n) is 3.38. The second-order valence-corrected chi connectivity index (χ2v) is 8.34. The van der Waals surface area contributed by atoms with E-state index >= 15 is 0 Å². The lowest BCUT2D eigenvalue weighted by molar-refractivity contribution is -0.147. The lowest BCUT2D eigenvalue weighted by Crippen LogP contribution is -2.21. The monoisotopic (exact) mass is 488 g/mol. The second-order valence-electron chi connectivity index (χ2n) is 8.34. The van der Waals surface area contributed by atoms with E-state index in [1.165, 1.54) is 6.92 Å². The normalized spacial score (nSPS) is 10.3. The van der Waals surface area contributed by atoms with Crippen LogP contribution in [0.15, 0.2) is 66.7 Å². The van der Waals surface area contributed by atoms with Gasteiger partial charge in [-0.1, -0.05) is 6.07 Å². The summed E-state index contributed by atoms with van der Waals surface area (Å²) in [7, 11) is 0. The van der Waals surface area contributed by atoms with Crippen molar-refractivity contribution in [2.45, 2.75) is 33.6 Å². The molecule has 0 unspecified atom stereocenters. The molecule has 3 aromatic carbocycles. The van der Waals surface area contributed by atoms with Crippen molar-refractivity contribution in [3.05, 3.63) is 83.4 Å². The minimum atomic E-state index is -0.663. The molecule has 8 heteroatoms. The summed E-state index contributed by atoms with van der Waals surface area (Å²) >= 11 is 0. The molecule has 2 amide bonds. The molecular weight excluding hydrogens is 460 g/mol. The van der Waals surface area contributed by atoms with Gasteiger partial charge in [0.15, 0.2) is 12.4 Å². The van der Waals surface area contributed by atoms with Gasteiger partial charge in [-0.25, -0.2) is 0 Å². The van der Waals surface area contributed by atoms with Gasteiger partial charge in [-0.15, -0.1) is 0 Å². The maximum Gasteiger partial charge on any atom is 0.306 e. The van der Waals surface area contributed by atoms with E-state index in [0.29, 0.717) is 22.7 Å². The van der Waals surface area contributed by atoms with Gasteiger partial charge in [-0.2, -0.15) is 0 Å². The Morgan fingerprint density at radius 2 is 1.25 bits per heavy atom. The predicted octanol–water partition coefficient (Wildman–Crippen LogP) is 5.20. The van der Waals surface area contributed by atoms with E-state index in [2.05, 4.69) is 16.7 Å². The summed E-state index contributed by atoms with van der Waals surface area (Å²) in [5.74, 6) is -0.247. The SMILES string of the molecule is CC(=O)c1ccc(NC(=O)COC(=O)CCC(=O)Nc2ccc(Oc3cc(C)cc(C)c3)cc2)cc1. The number of hydrogen-bond donors (Lipinski definition) is 2. The van der Waals surface area contributed by atoms with Crippen LogP contribution in [0.3, 0.4) is 0 Å². The molecular formula is C28H28N2O6. The molecule has 36 heavy (non-hydrogen) atoms. The first-order chi connectivity index (χ1) is 17.2. The Morgan fingerprint density at radius 1 is 0.694 bits per heavy atom. The summed E-state index contributed by atoms with van der Waals surface area (Å²) in [4.78, 5) is 47.3. The quantitative estimate of drug-likeness (QED) is 0.300. The van der Waals surface area contributed by atoms with Crippen LogP contribution >= 0.6 is 0 Å². The van der Waals surface area contributed by atoms with Crippen LogP contribution in [0.4, 0.5) is 11.4 Å². The van der Waals surface area contributed by atoms with Gasteiger partial charge in [0, 0.05) is 23.4 Å². The van der Waals surface area contributed by atoms with Crippen molar-refractivity contribution >= 4 is 34.9 Å². The number of ether oxygens (including phenoxy) is 2. The zero-order valence-electron chi connectivity index (χ0n) is 20.4. The highest BCUT2D eigenvalue weighted by Crippen LogP contribution is 2.25. The van der Waals surface area contributed by atoms with Crippen molar-refractivity contribution in [3.63, 3.8) is 0 Å². The van der Waals surface area contributed by atoms with Crippen molar-refractivity contribution in [1.82, 2.24) is 0 Å². The molecule has 186 valence electrons. The number of rotatable bonds is 10. The maximum absolute atomic E-state index is 12.2. The zero-order valence-corrected chi connectivity index (χ0v) is 20.4. The maximum atomic E-state index is 12.2. The Hall–Kier alpha value is -4.46. The summed E-state index contributed by atoms with van der Waals surface area (Å²) in [6.07, 6.45) is -0.256. The minimum Gasteiger partial charge on any atom is -0.457 e. The number of anilines is 2.